The maximum absolute atomic E-state index is 12.0. The predicted octanol–water partition coefficient (Wildman–Crippen LogP) is 2.34. The number of nitrogens with zero attached hydrogens (tertiary/aromatic N) is 3. The lowest BCUT2D eigenvalue weighted by Crippen LogP contribution is -2.14. The van der Waals surface area contributed by atoms with E-state index in [9.17, 15) is 9.59 Å². The largest absolute Gasteiger partial charge is 0.431 e. The number of anilines is 2. The van der Waals surface area contributed by atoms with Crippen molar-refractivity contribution in [3.05, 3.63) is 52.9 Å². The zero-order chi connectivity index (χ0) is 16.2. The van der Waals surface area contributed by atoms with E-state index in [2.05, 4.69) is 25.8 Å². The maximum atomic E-state index is 12.0. The fourth-order valence-electron chi connectivity index (χ4n) is 1.70. The highest BCUT2D eigenvalue weighted by molar-refractivity contribution is 7.15. The van der Waals surface area contributed by atoms with Gasteiger partial charge in [0.25, 0.3) is 11.8 Å². The molecule has 23 heavy (non-hydrogen) atoms. The zero-order valence-electron chi connectivity index (χ0n) is 11.9. The highest BCUT2D eigenvalue weighted by Gasteiger charge is 2.16. The second-order valence-electron chi connectivity index (χ2n) is 4.44. The van der Waals surface area contributed by atoms with Crippen LogP contribution >= 0.6 is 11.3 Å². The van der Waals surface area contributed by atoms with Gasteiger partial charge in [-0.05, 0) is 19.1 Å². The van der Waals surface area contributed by atoms with Gasteiger partial charge in [-0.25, -0.2) is 0 Å². The van der Waals surface area contributed by atoms with Crippen LogP contribution in [-0.4, -0.2) is 27.0 Å². The molecule has 3 rings (SSSR count). The van der Waals surface area contributed by atoms with E-state index in [1.54, 1.807) is 37.3 Å². The number of benzene rings is 1. The van der Waals surface area contributed by atoms with Crippen LogP contribution in [0, 0.1) is 6.92 Å². The molecule has 2 amide bonds. The molecule has 0 radical (unpaired) electrons. The summed E-state index contributed by atoms with van der Waals surface area (Å²) in [6, 6.07) is 8.55. The Labute approximate surface area is 134 Å². The lowest BCUT2D eigenvalue weighted by Gasteiger charge is -1.99. The van der Waals surface area contributed by atoms with Crippen molar-refractivity contribution in [3.8, 4) is 0 Å². The molecule has 0 fully saturated rings. The molecule has 3 aromatic rings. The van der Waals surface area contributed by atoms with Gasteiger partial charge in [0.15, 0.2) is 5.69 Å². The number of oxazole rings is 1. The number of aromatic nitrogens is 3. The monoisotopic (exact) mass is 329 g/mol. The van der Waals surface area contributed by atoms with Crippen LogP contribution in [0.4, 0.5) is 11.1 Å². The second kappa shape index (κ2) is 6.36. The predicted molar refractivity (Wildman–Crippen MR) is 83.5 cm³/mol. The van der Waals surface area contributed by atoms with E-state index in [1.807, 2.05) is 0 Å². The molecule has 0 spiro atoms. The Bertz CT molecular complexity index is 843. The fourth-order valence-corrected chi connectivity index (χ4v) is 2.29. The number of hydrogen-bond donors (Lipinski definition) is 2. The Balaban J connectivity index is 1.66. The molecule has 8 nitrogen and oxygen atoms in total. The standard InChI is InChI=1S/C14H11N5O3S/c1-8-18-19-14(23-8)17-12(21)10-7-22-13(15-10)16-11(20)9-5-3-2-4-6-9/h2-7H,1H3,(H,15,16,20)(H,17,19,21). The Kier molecular flexibility index (Phi) is 4.11. The average Bonchev–Trinajstić information content (AvgIpc) is 3.17. The third-order valence-corrected chi connectivity index (χ3v) is 3.49. The topological polar surface area (TPSA) is 110 Å². The van der Waals surface area contributed by atoms with E-state index in [-0.39, 0.29) is 17.6 Å². The van der Waals surface area contributed by atoms with Crippen molar-refractivity contribution in [2.24, 2.45) is 0 Å². The van der Waals surface area contributed by atoms with Gasteiger partial charge in [-0.2, -0.15) is 4.98 Å². The normalized spacial score (nSPS) is 10.3. The van der Waals surface area contributed by atoms with Crippen LogP contribution in [0.3, 0.4) is 0 Å². The van der Waals surface area contributed by atoms with Gasteiger partial charge in [0.1, 0.15) is 11.3 Å². The Hall–Kier alpha value is -3.07. The number of carbonyl (C=O) groups is 2. The molecule has 0 bridgehead atoms. The molecule has 0 aliphatic carbocycles. The van der Waals surface area contributed by atoms with E-state index in [4.69, 9.17) is 4.42 Å². The summed E-state index contributed by atoms with van der Waals surface area (Å²) in [4.78, 5) is 27.9. The van der Waals surface area contributed by atoms with Crippen LogP contribution in [0.5, 0.6) is 0 Å². The van der Waals surface area contributed by atoms with E-state index in [0.29, 0.717) is 10.7 Å². The van der Waals surface area contributed by atoms with Crippen molar-refractivity contribution in [2.75, 3.05) is 10.6 Å². The van der Waals surface area contributed by atoms with Crippen LogP contribution in [0.2, 0.25) is 0 Å². The summed E-state index contributed by atoms with van der Waals surface area (Å²) >= 11 is 1.24. The third-order valence-electron chi connectivity index (χ3n) is 2.74. The minimum absolute atomic E-state index is 0.0289. The molecule has 0 unspecified atom stereocenters. The van der Waals surface area contributed by atoms with Gasteiger partial charge in [-0.1, -0.05) is 29.5 Å². The molecule has 0 aliphatic rings. The smallest absolute Gasteiger partial charge is 0.302 e. The first kappa shape index (κ1) is 14.9. The first-order valence-electron chi connectivity index (χ1n) is 6.55. The van der Waals surface area contributed by atoms with Gasteiger partial charge in [-0.15, -0.1) is 10.2 Å². The van der Waals surface area contributed by atoms with E-state index >= 15 is 0 Å². The number of aryl methyl sites for hydroxylation is 1. The van der Waals surface area contributed by atoms with Gasteiger partial charge < -0.3 is 4.42 Å². The van der Waals surface area contributed by atoms with Gasteiger partial charge in [0.2, 0.25) is 5.13 Å². The maximum Gasteiger partial charge on any atom is 0.302 e. The van der Waals surface area contributed by atoms with Crippen LogP contribution in [0.1, 0.15) is 25.9 Å². The molecule has 9 heteroatoms. The Morgan fingerprint density at radius 3 is 2.57 bits per heavy atom. The van der Waals surface area contributed by atoms with Crippen molar-refractivity contribution >= 4 is 34.3 Å². The molecular weight excluding hydrogens is 318 g/mol. The molecule has 116 valence electrons. The fraction of sp³-hybridized carbons (Fsp3) is 0.0714. The Morgan fingerprint density at radius 2 is 1.87 bits per heavy atom. The number of carbonyl (C=O) groups excluding carboxylic acids is 2. The summed E-state index contributed by atoms with van der Waals surface area (Å²) in [5.41, 5.74) is 0.488. The lowest BCUT2D eigenvalue weighted by molar-refractivity contribution is 0.101. The third kappa shape index (κ3) is 3.58. The minimum atomic E-state index is -0.495. The van der Waals surface area contributed by atoms with E-state index in [0.717, 1.165) is 11.3 Å². The highest BCUT2D eigenvalue weighted by Crippen LogP contribution is 2.16. The minimum Gasteiger partial charge on any atom is -0.431 e. The van der Waals surface area contributed by atoms with Crippen molar-refractivity contribution in [3.63, 3.8) is 0 Å². The molecule has 0 atom stereocenters. The Morgan fingerprint density at radius 1 is 1.09 bits per heavy atom. The molecular formula is C14H11N5O3S. The second-order valence-corrected chi connectivity index (χ2v) is 5.62. The summed E-state index contributed by atoms with van der Waals surface area (Å²) in [6.45, 7) is 1.78. The molecule has 2 N–H and O–H groups in total. The van der Waals surface area contributed by atoms with Crippen molar-refractivity contribution in [1.29, 1.82) is 0 Å². The number of rotatable bonds is 4. The van der Waals surface area contributed by atoms with Gasteiger partial charge >= 0.3 is 6.01 Å². The van der Waals surface area contributed by atoms with Crippen molar-refractivity contribution in [2.45, 2.75) is 6.92 Å². The molecule has 0 aliphatic heterocycles. The summed E-state index contributed by atoms with van der Waals surface area (Å²) in [7, 11) is 0. The quantitative estimate of drug-likeness (QED) is 0.760. The molecule has 0 saturated carbocycles. The molecule has 2 heterocycles. The van der Waals surface area contributed by atoms with Crippen LogP contribution in [0.25, 0.3) is 0 Å². The van der Waals surface area contributed by atoms with E-state index in [1.165, 1.54) is 11.3 Å². The van der Waals surface area contributed by atoms with Crippen molar-refractivity contribution < 1.29 is 14.0 Å². The summed E-state index contributed by atoms with van der Waals surface area (Å²) in [5.74, 6) is -0.871. The zero-order valence-corrected chi connectivity index (χ0v) is 12.8. The summed E-state index contributed by atoms with van der Waals surface area (Å²) in [5, 5.41) is 13.7. The van der Waals surface area contributed by atoms with Gasteiger partial charge in [0, 0.05) is 5.56 Å². The highest BCUT2D eigenvalue weighted by atomic mass is 32.1. The summed E-state index contributed by atoms with van der Waals surface area (Å²) < 4.78 is 5.08. The molecule has 0 saturated heterocycles. The first-order valence-corrected chi connectivity index (χ1v) is 7.37. The van der Waals surface area contributed by atoms with Crippen LogP contribution in [0.15, 0.2) is 41.0 Å². The first-order chi connectivity index (χ1) is 11.1. The van der Waals surface area contributed by atoms with Crippen LogP contribution in [-0.2, 0) is 0 Å². The summed E-state index contributed by atoms with van der Waals surface area (Å²) in [6.07, 6.45) is 1.16. The number of nitrogens with one attached hydrogen (secondary N) is 2. The van der Waals surface area contributed by atoms with E-state index < -0.39 is 5.91 Å². The lowest BCUT2D eigenvalue weighted by atomic mass is 10.2. The van der Waals surface area contributed by atoms with Gasteiger partial charge in [0.05, 0.1) is 0 Å². The number of amides is 2. The number of hydrogen-bond acceptors (Lipinski definition) is 7. The molecule has 1 aromatic carbocycles. The van der Waals surface area contributed by atoms with Crippen LogP contribution < -0.4 is 10.6 Å². The van der Waals surface area contributed by atoms with Gasteiger partial charge in [-0.3, -0.25) is 20.2 Å². The SMILES string of the molecule is Cc1nnc(NC(=O)c2coc(NC(=O)c3ccccc3)n2)s1. The molecule has 2 aromatic heterocycles. The van der Waals surface area contributed by atoms with Crippen molar-refractivity contribution in [1.82, 2.24) is 15.2 Å². The average molecular weight is 329 g/mol.